The van der Waals surface area contributed by atoms with Crippen LogP contribution in [0.25, 0.3) is 5.57 Å². The van der Waals surface area contributed by atoms with Gasteiger partial charge in [-0.3, -0.25) is 0 Å². The largest absolute Gasteiger partial charge is 0.483 e. The third-order valence-electron chi connectivity index (χ3n) is 2.31. The van der Waals surface area contributed by atoms with Gasteiger partial charge in [-0.25, -0.2) is 0 Å². The second kappa shape index (κ2) is 3.35. The van der Waals surface area contributed by atoms with Gasteiger partial charge in [-0.1, -0.05) is 30.4 Å². The first kappa shape index (κ1) is 10.2. The average molecular weight is 219 g/mol. The quantitative estimate of drug-likeness (QED) is 0.737. The van der Waals surface area contributed by atoms with Gasteiger partial charge >= 0.3 is 0 Å². The molecule has 2 rings (SSSR count). The Labute approximate surface area is 94.7 Å². The molecule has 0 saturated heterocycles. The zero-order valence-corrected chi connectivity index (χ0v) is 9.60. The number of hydrogen-bond acceptors (Lipinski definition) is 2. The Morgan fingerprint density at radius 1 is 1.33 bits per heavy atom. The van der Waals surface area contributed by atoms with Crippen molar-refractivity contribution in [3.63, 3.8) is 0 Å². The summed E-state index contributed by atoms with van der Waals surface area (Å²) >= 11 is 5.05. The van der Waals surface area contributed by atoms with Crippen molar-refractivity contribution in [1.29, 1.82) is 0 Å². The highest BCUT2D eigenvalue weighted by molar-refractivity contribution is 7.81. The lowest BCUT2D eigenvalue weighted by Gasteiger charge is -2.30. The minimum atomic E-state index is -0.354. The van der Waals surface area contributed by atoms with Gasteiger partial charge in [-0.05, 0) is 26.0 Å². The molecule has 1 aliphatic heterocycles. The minimum Gasteiger partial charge on any atom is -0.483 e. The zero-order chi connectivity index (χ0) is 11.1. The van der Waals surface area contributed by atoms with E-state index in [1.807, 2.05) is 44.2 Å². The van der Waals surface area contributed by atoms with Gasteiger partial charge in [-0.2, -0.15) is 0 Å². The number of rotatable bonds is 1. The van der Waals surface area contributed by atoms with E-state index in [1.54, 1.807) is 0 Å². The van der Waals surface area contributed by atoms with E-state index in [1.165, 1.54) is 0 Å². The fourth-order valence-electron chi connectivity index (χ4n) is 1.72. The Morgan fingerprint density at radius 3 is 2.67 bits per heavy atom. The molecule has 0 saturated carbocycles. The number of nitrogens with two attached hydrogens (primary N) is 1. The predicted molar refractivity (Wildman–Crippen MR) is 65.9 cm³/mol. The maximum atomic E-state index is 5.81. The molecule has 1 aromatic carbocycles. The topological polar surface area (TPSA) is 35.2 Å². The van der Waals surface area contributed by atoms with E-state index < -0.39 is 0 Å². The third-order valence-corrected chi connectivity index (χ3v) is 2.53. The van der Waals surface area contributed by atoms with Gasteiger partial charge in [0.2, 0.25) is 0 Å². The summed E-state index contributed by atoms with van der Waals surface area (Å²) in [4.78, 5) is 0.416. The van der Waals surface area contributed by atoms with Crippen LogP contribution in [-0.2, 0) is 0 Å². The molecule has 2 nitrogen and oxygen atoms in total. The van der Waals surface area contributed by atoms with E-state index >= 15 is 0 Å². The van der Waals surface area contributed by atoms with E-state index in [2.05, 4.69) is 0 Å². The molecular weight excluding hydrogens is 206 g/mol. The Bertz CT molecular complexity index is 449. The maximum absolute atomic E-state index is 5.81. The Morgan fingerprint density at radius 2 is 2.00 bits per heavy atom. The monoisotopic (exact) mass is 219 g/mol. The second-order valence-electron chi connectivity index (χ2n) is 4.12. The average Bonchev–Trinajstić information content (AvgIpc) is 2.14. The lowest BCUT2D eigenvalue weighted by Crippen LogP contribution is -2.31. The predicted octanol–water partition coefficient (Wildman–Crippen LogP) is 2.53. The number of benzene rings is 1. The fourth-order valence-corrected chi connectivity index (χ4v) is 1.89. The van der Waals surface area contributed by atoms with Crippen molar-refractivity contribution in [2.45, 2.75) is 19.4 Å². The van der Waals surface area contributed by atoms with Crippen LogP contribution in [-0.4, -0.2) is 10.6 Å². The molecule has 0 radical (unpaired) electrons. The van der Waals surface area contributed by atoms with Crippen LogP contribution >= 0.6 is 12.2 Å². The molecule has 0 amide bonds. The van der Waals surface area contributed by atoms with Crippen LogP contribution in [0.5, 0.6) is 5.75 Å². The SMILES string of the molecule is CC1(C)C=C(C(N)=S)c2ccccc2O1. The van der Waals surface area contributed by atoms with Crippen LogP contribution in [0.1, 0.15) is 19.4 Å². The van der Waals surface area contributed by atoms with E-state index in [4.69, 9.17) is 22.7 Å². The Balaban J connectivity index is 2.60. The number of para-hydroxylation sites is 1. The van der Waals surface area contributed by atoms with Crippen molar-refractivity contribution >= 4 is 22.8 Å². The van der Waals surface area contributed by atoms with Crippen LogP contribution in [0, 0.1) is 0 Å². The van der Waals surface area contributed by atoms with Gasteiger partial charge in [-0.15, -0.1) is 0 Å². The molecular formula is C12H13NOS. The molecule has 0 aromatic heterocycles. The standard InChI is InChI=1S/C12H13NOS/c1-12(2)7-9(11(13)15)8-5-3-4-6-10(8)14-12/h3-7H,1-2H3,(H2,13,15). The van der Waals surface area contributed by atoms with Crippen molar-refractivity contribution in [3.05, 3.63) is 35.9 Å². The van der Waals surface area contributed by atoms with Crippen molar-refractivity contribution < 1.29 is 4.74 Å². The van der Waals surface area contributed by atoms with Crippen LogP contribution in [0.3, 0.4) is 0 Å². The molecule has 1 aliphatic rings. The Hall–Kier alpha value is -1.35. The van der Waals surface area contributed by atoms with Crippen LogP contribution < -0.4 is 10.5 Å². The highest BCUT2D eigenvalue weighted by Gasteiger charge is 2.26. The van der Waals surface area contributed by atoms with E-state index in [-0.39, 0.29) is 5.60 Å². The molecule has 2 N–H and O–H groups in total. The summed E-state index contributed by atoms with van der Waals surface area (Å²) in [5, 5.41) is 0. The van der Waals surface area contributed by atoms with Crippen molar-refractivity contribution in [1.82, 2.24) is 0 Å². The summed E-state index contributed by atoms with van der Waals surface area (Å²) in [6.07, 6.45) is 1.97. The summed E-state index contributed by atoms with van der Waals surface area (Å²) < 4.78 is 5.81. The number of hydrogen-bond donors (Lipinski definition) is 1. The summed E-state index contributed by atoms with van der Waals surface area (Å²) in [5.74, 6) is 0.841. The molecule has 0 spiro atoms. The molecule has 1 heterocycles. The van der Waals surface area contributed by atoms with E-state index in [9.17, 15) is 0 Å². The first-order chi connectivity index (χ1) is 6.99. The van der Waals surface area contributed by atoms with Crippen LogP contribution in [0.2, 0.25) is 0 Å². The lowest BCUT2D eigenvalue weighted by molar-refractivity contribution is 0.158. The molecule has 0 aliphatic carbocycles. The normalized spacial score (nSPS) is 17.3. The lowest BCUT2D eigenvalue weighted by atomic mass is 9.95. The smallest absolute Gasteiger partial charge is 0.128 e. The summed E-state index contributed by atoms with van der Waals surface area (Å²) in [5.41, 5.74) is 7.23. The first-order valence-electron chi connectivity index (χ1n) is 4.81. The number of ether oxygens (including phenoxy) is 1. The van der Waals surface area contributed by atoms with Gasteiger partial charge in [0.25, 0.3) is 0 Å². The zero-order valence-electron chi connectivity index (χ0n) is 8.78. The molecule has 15 heavy (non-hydrogen) atoms. The third kappa shape index (κ3) is 1.88. The molecule has 78 valence electrons. The van der Waals surface area contributed by atoms with Crippen LogP contribution in [0.15, 0.2) is 30.3 Å². The molecule has 0 atom stereocenters. The fraction of sp³-hybridized carbons (Fsp3) is 0.250. The van der Waals surface area contributed by atoms with Crippen molar-refractivity contribution in [2.75, 3.05) is 0 Å². The van der Waals surface area contributed by atoms with E-state index in [0.29, 0.717) is 4.99 Å². The van der Waals surface area contributed by atoms with Gasteiger partial charge in [0, 0.05) is 11.1 Å². The van der Waals surface area contributed by atoms with Crippen LogP contribution in [0.4, 0.5) is 0 Å². The first-order valence-corrected chi connectivity index (χ1v) is 5.21. The molecule has 0 fully saturated rings. The van der Waals surface area contributed by atoms with Gasteiger partial charge < -0.3 is 10.5 Å². The molecule has 0 bridgehead atoms. The molecule has 3 heteroatoms. The molecule has 1 aromatic rings. The second-order valence-corrected chi connectivity index (χ2v) is 4.56. The highest BCUT2D eigenvalue weighted by atomic mass is 32.1. The molecule has 0 unspecified atom stereocenters. The van der Waals surface area contributed by atoms with Crippen molar-refractivity contribution in [3.8, 4) is 5.75 Å². The maximum Gasteiger partial charge on any atom is 0.128 e. The van der Waals surface area contributed by atoms with Gasteiger partial charge in [0.15, 0.2) is 0 Å². The van der Waals surface area contributed by atoms with E-state index in [0.717, 1.165) is 16.9 Å². The van der Waals surface area contributed by atoms with Gasteiger partial charge in [0.05, 0.1) is 0 Å². The summed E-state index contributed by atoms with van der Waals surface area (Å²) in [6, 6.07) is 7.79. The number of thiocarbonyl (C=S) groups is 1. The van der Waals surface area contributed by atoms with Gasteiger partial charge in [0.1, 0.15) is 16.3 Å². The highest BCUT2D eigenvalue weighted by Crippen LogP contribution is 2.35. The summed E-state index contributed by atoms with van der Waals surface area (Å²) in [7, 11) is 0. The number of fused-ring (bicyclic) bond motifs is 1. The minimum absolute atomic E-state index is 0.354. The summed E-state index contributed by atoms with van der Waals surface area (Å²) in [6.45, 7) is 3.97. The Kier molecular flexibility index (Phi) is 2.27. The van der Waals surface area contributed by atoms with Crippen molar-refractivity contribution in [2.24, 2.45) is 5.73 Å².